The molecule has 1 aromatic carbocycles. The van der Waals surface area contributed by atoms with Crippen molar-refractivity contribution in [3.63, 3.8) is 0 Å². The molecule has 18 heavy (non-hydrogen) atoms. The molecule has 0 fully saturated rings. The van der Waals surface area contributed by atoms with Crippen LogP contribution in [0.5, 0.6) is 5.75 Å². The van der Waals surface area contributed by atoms with Crippen molar-refractivity contribution in [3.8, 4) is 5.75 Å². The molecule has 0 aliphatic rings. The number of ketones is 1. The normalized spacial score (nSPS) is 10.3. The third-order valence-electron chi connectivity index (χ3n) is 2.25. The number of thioether (sulfide) groups is 1. The Morgan fingerprint density at radius 1 is 1.33 bits per heavy atom. The molecule has 2 aromatic rings. The van der Waals surface area contributed by atoms with Gasteiger partial charge in [-0.25, -0.2) is 0 Å². The van der Waals surface area contributed by atoms with Crippen molar-refractivity contribution in [3.05, 3.63) is 34.8 Å². The number of Topliss-reactive ketones (excluding diaryl/α,β-unsaturated/α-hetero) is 1. The summed E-state index contributed by atoms with van der Waals surface area (Å²) in [6.07, 6.45) is 0. The topological polar surface area (TPSA) is 52.1 Å². The van der Waals surface area contributed by atoms with Crippen molar-refractivity contribution >= 4 is 28.9 Å². The molecule has 0 N–H and O–H groups in total. The summed E-state index contributed by atoms with van der Waals surface area (Å²) in [7, 11) is 1.60. The minimum Gasteiger partial charge on any atom is -0.497 e. The van der Waals surface area contributed by atoms with E-state index in [2.05, 4.69) is 10.2 Å². The number of hydrogen-bond acceptors (Lipinski definition) is 6. The average molecular weight is 280 g/mol. The van der Waals surface area contributed by atoms with Gasteiger partial charge in [-0.3, -0.25) is 4.79 Å². The minimum absolute atomic E-state index is 0.0792. The average Bonchev–Trinajstić information content (AvgIpc) is 2.82. The minimum atomic E-state index is 0.0792. The van der Waals surface area contributed by atoms with E-state index in [9.17, 15) is 4.79 Å². The number of carbonyl (C=O) groups excluding carboxylic acids is 1. The quantitative estimate of drug-likeness (QED) is 0.622. The molecule has 0 saturated heterocycles. The molecule has 4 nitrogen and oxygen atoms in total. The van der Waals surface area contributed by atoms with E-state index in [1.165, 1.54) is 23.1 Å². The lowest BCUT2D eigenvalue weighted by Crippen LogP contribution is -2.02. The molecular formula is C12H12N2O2S2. The highest BCUT2D eigenvalue weighted by Gasteiger charge is 2.09. The molecule has 0 atom stereocenters. The lowest BCUT2D eigenvalue weighted by molar-refractivity contribution is 0.102. The number of carbonyl (C=O) groups is 1. The van der Waals surface area contributed by atoms with Gasteiger partial charge >= 0.3 is 0 Å². The number of methoxy groups -OCH3 is 1. The fraction of sp³-hybridized carbons (Fsp3) is 0.250. The zero-order chi connectivity index (χ0) is 13.0. The summed E-state index contributed by atoms with van der Waals surface area (Å²) in [5.74, 6) is 1.20. The maximum atomic E-state index is 11.9. The molecule has 0 saturated carbocycles. The molecule has 0 bridgehead atoms. The number of rotatable bonds is 5. The Labute approximate surface area is 113 Å². The van der Waals surface area contributed by atoms with Gasteiger partial charge in [-0.05, 0) is 31.2 Å². The number of nitrogens with zero attached hydrogens (tertiary/aromatic N) is 2. The van der Waals surface area contributed by atoms with Crippen molar-refractivity contribution in [2.75, 3.05) is 12.9 Å². The summed E-state index contributed by atoms with van der Waals surface area (Å²) in [6, 6.07) is 7.11. The second-order valence-corrected chi connectivity index (χ2v) is 5.93. The van der Waals surface area contributed by atoms with Gasteiger partial charge < -0.3 is 4.74 Å². The van der Waals surface area contributed by atoms with Gasteiger partial charge in [0.15, 0.2) is 10.1 Å². The van der Waals surface area contributed by atoms with E-state index in [-0.39, 0.29) is 5.78 Å². The monoisotopic (exact) mass is 280 g/mol. The Balaban J connectivity index is 1.94. The molecule has 1 aromatic heterocycles. The van der Waals surface area contributed by atoms with Gasteiger partial charge in [0.05, 0.1) is 12.9 Å². The van der Waals surface area contributed by atoms with E-state index in [4.69, 9.17) is 4.74 Å². The Morgan fingerprint density at radius 3 is 2.61 bits per heavy atom. The van der Waals surface area contributed by atoms with Crippen LogP contribution in [0.4, 0.5) is 0 Å². The first kappa shape index (κ1) is 13.0. The van der Waals surface area contributed by atoms with Crippen LogP contribution in [0.3, 0.4) is 0 Å². The van der Waals surface area contributed by atoms with Crippen LogP contribution in [0, 0.1) is 6.92 Å². The predicted octanol–water partition coefficient (Wildman–Crippen LogP) is 2.83. The summed E-state index contributed by atoms with van der Waals surface area (Å²) in [4.78, 5) is 11.9. The van der Waals surface area contributed by atoms with Gasteiger partial charge in [0.2, 0.25) is 0 Å². The van der Waals surface area contributed by atoms with Crippen LogP contribution in [0.25, 0.3) is 0 Å². The molecule has 94 valence electrons. The van der Waals surface area contributed by atoms with Gasteiger partial charge in [0, 0.05) is 5.56 Å². The largest absolute Gasteiger partial charge is 0.497 e. The number of aryl methyl sites for hydroxylation is 1. The van der Waals surface area contributed by atoms with Crippen LogP contribution in [0.2, 0.25) is 0 Å². The zero-order valence-electron chi connectivity index (χ0n) is 10.0. The van der Waals surface area contributed by atoms with Gasteiger partial charge in [-0.2, -0.15) is 0 Å². The highest BCUT2D eigenvalue weighted by Crippen LogP contribution is 2.23. The Kier molecular flexibility index (Phi) is 4.33. The third-order valence-corrected chi connectivity index (χ3v) is 4.22. The van der Waals surface area contributed by atoms with Crippen LogP contribution >= 0.6 is 23.1 Å². The first-order valence-corrected chi connectivity index (χ1v) is 7.09. The van der Waals surface area contributed by atoms with Crippen molar-refractivity contribution in [1.82, 2.24) is 10.2 Å². The van der Waals surface area contributed by atoms with Crippen LogP contribution in [-0.4, -0.2) is 28.8 Å². The lowest BCUT2D eigenvalue weighted by atomic mass is 10.1. The van der Waals surface area contributed by atoms with Crippen molar-refractivity contribution in [1.29, 1.82) is 0 Å². The maximum Gasteiger partial charge on any atom is 0.174 e. The van der Waals surface area contributed by atoms with E-state index in [1.807, 2.05) is 6.92 Å². The van der Waals surface area contributed by atoms with Crippen LogP contribution in [0.1, 0.15) is 15.4 Å². The van der Waals surface area contributed by atoms with Gasteiger partial charge in [-0.15, -0.1) is 10.2 Å². The SMILES string of the molecule is COc1ccc(C(=O)CSc2nnc(C)s2)cc1. The van der Waals surface area contributed by atoms with Crippen molar-refractivity contribution < 1.29 is 9.53 Å². The summed E-state index contributed by atoms with van der Waals surface area (Å²) in [5, 5.41) is 8.79. The fourth-order valence-corrected chi connectivity index (χ4v) is 3.03. The summed E-state index contributed by atoms with van der Waals surface area (Å²) in [6.45, 7) is 1.90. The Hall–Kier alpha value is -1.40. The molecule has 0 radical (unpaired) electrons. The molecule has 0 unspecified atom stereocenters. The number of ether oxygens (including phenoxy) is 1. The second kappa shape index (κ2) is 5.97. The Bertz CT molecular complexity index is 537. The molecule has 0 aliphatic heterocycles. The van der Waals surface area contributed by atoms with Gasteiger partial charge in [-0.1, -0.05) is 23.1 Å². The van der Waals surface area contributed by atoms with E-state index < -0.39 is 0 Å². The third kappa shape index (κ3) is 3.30. The van der Waals surface area contributed by atoms with E-state index in [1.54, 1.807) is 31.4 Å². The number of aromatic nitrogens is 2. The smallest absolute Gasteiger partial charge is 0.174 e. The van der Waals surface area contributed by atoms with Gasteiger partial charge in [0.1, 0.15) is 10.8 Å². The van der Waals surface area contributed by atoms with Crippen LogP contribution in [-0.2, 0) is 0 Å². The summed E-state index contributed by atoms with van der Waals surface area (Å²) in [5.41, 5.74) is 0.685. The summed E-state index contributed by atoms with van der Waals surface area (Å²) >= 11 is 2.92. The van der Waals surface area contributed by atoms with Gasteiger partial charge in [0.25, 0.3) is 0 Å². The number of benzene rings is 1. The molecule has 6 heteroatoms. The molecule has 2 rings (SSSR count). The lowest BCUT2D eigenvalue weighted by Gasteiger charge is -2.01. The maximum absolute atomic E-state index is 11.9. The molecular weight excluding hydrogens is 268 g/mol. The van der Waals surface area contributed by atoms with Crippen LogP contribution < -0.4 is 4.74 Å². The highest BCUT2D eigenvalue weighted by atomic mass is 32.2. The molecule has 1 heterocycles. The number of hydrogen-bond donors (Lipinski definition) is 0. The Morgan fingerprint density at radius 2 is 2.06 bits per heavy atom. The van der Waals surface area contributed by atoms with E-state index in [0.29, 0.717) is 11.3 Å². The second-order valence-electron chi connectivity index (χ2n) is 3.53. The fourth-order valence-electron chi connectivity index (χ4n) is 1.32. The zero-order valence-corrected chi connectivity index (χ0v) is 11.7. The molecule has 0 aliphatic carbocycles. The highest BCUT2D eigenvalue weighted by molar-refractivity contribution is 8.01. The van der Waals surface area contributed by atoms with Crippen molar-refractivity contribution in [2.24, 2.45) is 0 Å². The standard InChI is InChI=1S/C12H12N2O2S2/c1-8-13-14-12(18-8)17-7-11(15)9-3-5-10(16-2)6-4-9/h3-6H,7H2,1-2H3. The van der Waals surface area contributed by atoms with Crippen LogP contribution in [0.15, 0.2) is 28.6 Å². The first-order valence-electron chi connectivity index (χ1n) is 5.29. The summed E-state index contributed by atoms with van der Waals surface area (Å²) < 4.78 is 5.88. The first-order chi connectivity index (χ1) is 8.69. The van der Waals surface area contributed by atoms with E-state index in [0.717, 1.165) is 15.1 Å². The molecule has 0 spiro atoms. The predicted molar refractivity (Wildman–Crippen MR) is 72.7 cm³/mol. The van der Waals surface area contributed by atoms with E-state index >= 15 is 0 Å². The van der Waals surface area contributed by atoms with Crippen molar-refractivity contribution in [2.45, 2.75) is 11.3 Å². The molecule has 0 amide bonds.